The first kappa shape index (κ1) is 8.00. The lowest BCUT2D eigenvalue weighted by atomic mass is 10.4. The molecule has 5 heteroatoms. The van der Waals surface area contributed by atoms with Gasteiger partial charge >= 0.3 is 0 Å². The largest absolute Gasteiger partial charge is 0.505 e. The highest BCUT2D eigenvalue weighted by Gasteiger charge is 2.05. The second-order valence-electron chi connectivity index (χ2n) is 1.57. The summed E-state index contributed by atoms with van der Waals surface area (Å²) < 4.78 is 12.6. The Morgan fingerprint density at radius 1 is 1.70 bits per heavy atom. The summed E-state index contributed by atoms with van der Waals surface area (Å²) in [4.78, 5) is 3.50. The summed E-state index contributed by atoms with van der Waals surface area (Å²) in [5.41, 5.74) is 0. The van der Waals surface area contributed by atoms with Gasteiger partial charge in [0.1, 0.15) is 3.70 Å². The van der Waals surface area contributed by atoms with Gasteiger partial charge in [0.25, 0.3) is 0 Å². The molecule has 0 saturated carbocycles. The maximum atomic E-state index is 12.5. The molecule has 0 amide bonds. The van der Waals surface area contributed by atoms with Crippen LogP contribution in [0.4, 0.5) is 4.39 Å². The standard InChI is InChI=1S/C5H2ClFINO/c6-4-3(10)1-2(7)5(8)9-4/h1,10H. The Hall–Kier alpha value is -0.100. The third-order valence-corrected chi connectivity index (χ3v) is 1.90. The van der Waals surface area contributed by atoms with Gasteiger partial charge < -0.3 is 5.11 Å². The van der Waals surface area contributed by atoms with Crippen molar-refractivity contribution >= 4 is 34.2 Å². The molecule has 0 fully saturated rings. The minimum Gasteiger partial charge on any atom is -0.505 e. The van der Waals surface area contributed by atoms with Crippen LogP contribution in [0.15, 0.2) is 6.07 Å². The average molecular weight is 273 g/mol. The van der Waals surface area contributed by atoms with Crippen molar-refractivity contribution in [1.29, 1.82) is 0 Å². The SMILES string of the molecule is Oc1cc(F)c(I)nc1Cl. The van der Waals surface area contributed by atoms with Crippen LogP contribution in [0, 0.1) is 9.52 Å². The summed E-state index contributed by atoms with van der Waals surface area (Å²) in [5, 5.41) is 8.71. The normalized spacial score (nSPS) is 9.90. The van der Waals surface area contributed by atoms with Crippen LogP contribution >= 0.6 is 34.2 Å². The summed E-state index contributed by atoms with van der Waals surface area (Å²) in [6, 6.07) is 0.928. The minimum atomic E-state index is -0.567. The lowest BCUT2D eigenvalue weighted by Gasteiger charge is -1.96. The lowest BCUT2D eigenvalue weighted by Crippen LogP contribution is -1.87. The molecule has 0 atom stereocenters. The van der Waals surface area contributed by atoms with Gasteiger partial charge in [0, 0.05) is 6.07 Å². The summed E-state index contributed by atoms with van der Waals surface area (Å²) in [5.74, 6) is -0.901. The summed E-state index contributed by atoms with van der Waals surface area (Å²) in [6.45, 7) is 0. The van der Waals surface area contributed by atoms with E-state index in [0.717, 1.165) is 6.07 Å². The number of hydrogen-bond acceptors (Lipinski definition) is 2. The maximum Gasteiger partial charge on any atom is 0.172 e. The zero-order valence-corrected chi connectivity index (χ0v) is 7.52. The summed E-state index contributed by atoms with van der Waals surface area (Å²) in [7, 11) is 0. The van der Waals surface area contributed by atoms with Crippen molar-refractivity contribution in [2.75, 3.05) is 0 Å². The lowest BCUT2D eigenvalue weighted by molar-refractivity contribution is 0.464. The van der Waals surface area contributed by atoms with Crippen LogP contribution in [-0.2, 0) is 0 Å². The zero-order valence-electron chi connectivity index (χ0n) is 4.61. The second-order valence-corrected chi connectivity index (χ2v) is 2.95. The topological polar surface area (TPSA) is 33.1 Å². The molecule has 0 unspecified atom stereocenters. The summed E-state index contributed by atoms with van der Waals surface area (Å²) in [6.07, 6.45) is 0. The fourth-order valence-electron chi connectivity index (χ4n) is 0.436. The molecular weight excluding hydrogens is 271 g/mol. The molecule has 1 heterocycles. The first-order chi connectivity index (χ1) is 4.61. The molecule has 2 nitrogen and oxygen atoms in total. The van der Waals surface area contributed by atoms with Crippen molar-refractivity contribution in [3.8, 4) is 5.75 Å². The van der Waals surface area contributed by atoms with Crippen LogP contribution in [-0.4, -0.2) is 10.1 Å². The van der Waals surface area contributed by atoms with E-state index in [2.05, 4.69) is 4.98 Å². The van der Waals surface area contributed by atoms with Crippen molar-refractivity contribution in [1.82, 2.24) is 4.98 Å². The van der Waals surface area contributed by atoms with Crippen molar-refractivity contribution in [2.45, 2.75) is 0 Å². The minimum absolute atomic E-state index is 0.0780. The van der Waals surface area contributed by atoms with Crippen LogP contribution in [0.1, 0.15) is 0 Å². The highest BCUT2D eigenvalue weighted by Crippen LogP contribution is 2.23. The summed E-state index contributed by atoms with van der Waals surface area (Å²) >= 11 is 7.04. The molecule has 0 aromatic carbocycles. The molecule has 1 aromatic heterocycles. The van der Waals surface area contributed by atoms with E-state index >= 15 is 0 Å². The third-order valence-electron chi connectivity index (χ3n) is 0.868. The van der Waals surface area contributed by atoms with E-state index < -0.39 is 5.82 Å². The Labute approximate surface area is 75.2 Å². The van der Waals surface area contributed by atoms with Crippen LogP contribution < -0.4 is 0 Å². The third kappa shape index (κ3) is 1.49. The first-order valence-electron chi connectivity index (χ1n) is 2.32. The van der Waals surface area contributed by atoms with Gasteiger partial charge in [0.2, 0.25) is 0 Å². The Morgan fingerprint density at radius 2 is 2.30 bits per heavy atom. The molecule has 1 rings (SSSR count). The van der Waals surface area contributed by atoms with E-state index in [1.165, 1.54) is 0 Å². The molecule has 0 bridgehead atoms. The number of rotatable bonds is 0. The highest BCUT2D eigenvalue weighted by molar-refractivity contribution is 14.1. The molecule has 0 aliphatic heterocycles. The Bertz CT molecular complexity index is 218. The average Bonchev–Trinajstić information content (AvgIpc) is 1.84. The van der Waals surface area contributed by atoms with Crippen molar-refractivity contribution < 1.29 is 9.50 Å². The Balaban J connectivity index is 3.28. The molecule has 0 radical (unpaired) electrons. The van der Waals surface area contributed by atoms with Crippen molar-refractivity contribution in [3.63, 3.8) is 0 Å². The fraction of sp³-hybridized carbons (Fsp3) is 0. The predicted molar refractivity (Wildman–Crippen MR) is 43.6 cm³/mol. The molecule has 0 aliphatic carbocycles. The number of hydrogen-bond donors (Lipinski definition) is 1. The van der Waals surface area contributed by atoms with Gasteiger partial charge in [0.15, 0.2) is 16.7 Å². The zero-order chi connectivity index (χ0) is 7.72. The second kappa shape index (κ2) is 2.87. The van der Waals surface area contributed by atoms with Gasteiger partial charge in [-0.2, -0.15) is 0 Å². The van der Waals surface area contributed by atoms with E-state index in [4.69, 9.17) is 16.7 Å². The van der Waals surface area contributed by atoms with E-state index in [1.807, 2.05) is 0 Å². The monoisotopic (exact) mass is 273 g/mol. The number of pyridine rings is 1. The Morgan fingerprint density at radius 3 is 2.80 bits per heavy atom. The van der Waals surface area contributed by atoms with E-state index in [1.54, 1.807) is 22.6 Å². The molecule has 0 aliphatic rings. The predicted octanol–water partition coefficient (Wildman–Crippen LogP) is 2.18. The van der Waals surface area contributed by atoms with Gasteiger partial charge in [-0.3, -0.25) is 0 Å². The van der Waals surface area contributed by atoms with E-state index in [9.17, 15) is 4.39 Å². The smallest absolute Gasteiger partial charge is 0.172 e. The molecule has 0 spiro atoms. The fourth-order valence-corrected chi connectivity index (χ4v) is 1.11. The number of aromatic nitrogens is 1. The van der Waals surface area contributed by atoms with Crippen LogP contribution in [0.25, 0.3) is 0 Å². The molecule has 10 heavy (non-hydrogen) atoms. The van der Waals surface area contributed by atoms with Gasteiger partial charge in [-0.1, -0.05) is 11.6 Å². The van der Waals surface area contributed by atoms with Crippen LogP contribution in [0.2, 0.25) is 5.15 Å². The molecule has 1 N–H and O–H groups in total. The molecule has 54 valence electrons. The van der Waals surface area contributed by atoms with E-state index in [0.29, 0.717) is 0 Å². The van der Waals surface area contributed by atoms with Crippen molar-refractivity contribution in [2.24, 2.45) is 0 Å². The molecule has 1 aromatic rings. The van der Waals surface area contributed by atoms with Gasteiger partial charge in [-0.15, -0.1) is 0 Å². The molecular formula is C5H2ClFINO. The van der Waals surface area contributed by atoms with E-state index in [-0.39, 0.29) is 14.6 Å². The maximum absolute atomic E-state index is 12.5. The van der Waals surface area contributed by atoms with Gasteiger partial charge in [0.05, 0.1) is 0 Å². The highest BCUT2D eigenvalue weighted by atomic mass is 127. The number of nitrogens with zero attached hydrogens (tertiary/aromatic N) is 1. The Kier molecular flexibility index (Phi) is 2.30. The number of halogens is 3. The number of aromatic hydroxyl groups is 1. The van der Waals surface area contributed by atoms with Crippen LogP contribution in [0.3, 0.4) is 0 Å². The van der Waals surface area contributed by atoms with Crippen LogP contribution in [0.5, 0.6) is 5.75 Å². The van der Waals surface area contributed by atoms with Crippen molar-refractivity contribution in [3.05, 3.63) is 20.7 Å². The van der Waals surface area contributed by atoms with Gasteiger partial charge in [-0.25, -0.2) is 9.37 Å². The van der Waals surface area contributed by atoms with Gasteiger partial charge in [-0.05, 0) is 22.6 Å². The quantitative estimate of drug-likeness (QED) is 0.580. The molecule has 0 saturated heterocycles. The first-order valence-corrected chi connectivity index (χ1v) is 3.77.